The number of carbonyl (C=O) groups excluding carboxylic acids is 1. The molecular formula is C20H23NO2. The molecule has 1 N–H and O–H groups in total. The smallest absolute Gasteiger partial charge is 0.248 e. The van der Waals surface area contributed by atoms with Gasteiger partial charge in [-0.1, -0.05) is 50.2 Å². The van der Waals surface area contributed by atoms with Crippen LogP contribution in [0.1, 0.15) is 30.5 Å². The van der Waals surface area contributed by atoms with Crippen LogP contribution in [0.15, 0.2) is 48.5 Å². The van der Waals surface area contributed by atoms with Gasteiger partial charge in [0, 0.05) is 17.3 Å². The molecule has 0 aliphatic carbocycles. The number of hydrogen-bond acceptors (Lipinski definition) is 2. The maximum atomic E-state index is 12.3. The van der Waals surface area contributed by atoms with Gasteiger partial charge in [0.1, 0.15) is 5.75 Å². The summed E-state index contributed by atoms with van der Waals surface area (Å²) in [6, 6.07) is 13.8. The third-order valence-electron chi connectivity index (χ3n) is 3.80. The van der Waals surface area contributed by atoms with E-state index in [2.05, 4.69) is 31.3 Å². The number of hydrogen-bond donors (Lipinski definition) is 1. The second-order valence-electron chi connectivity index (χ2n) is 5.22. The molecular weight excluding hydrogens is 286 g/mol. The van der Waals surface area contributed by atoms with E-state index in [9.17, 15) is 4.79 Å². The van der Waals surface area contributed by atoms with Gasteiger partial charge < -0.3 is 10.1 Å². The Labute approximate surface area is 138 Å². The summed E-state index contributed by atoms with van der Waals surface area (Å²) in [4.78, 5) is 12.3. The van der Waals surface area contributed by atoms with Gasteiger partial charge in [0.15, 0.2) is 0 Å². The fraction of sp³-hybridized carbons (Fsp3) is 0.250. The van der Waals surface area contributed by atoms with Crippen molar-refractivity contribution in [3.05, 3.63) is 65.2 Å². The molecule has 0 saturated carbocycles. The van der Waals surface area contributed by atoms with Gasteiger partial charge in [0.2, 0.25) is 5.91 Å². The third-order valence-corrected chi connectivity index (χ3v) is 3.80. The van der Waals surface area contributed by atoms with Crippen LogP contribution in [0, 0.1) is 0 Å². The van der Waals surface area contributed by atoms with Crippen molar-refractivity contribution >= 4 is 17.7 Å². The Hall–Kier alpha value is -2.55. The summed E-state index contributed by atoms with van der Waals surface area (Å²) >= 11 is 0. The summed E-state index contributed by atoms with van der Waals surface area (Å²) in [5.74, 6) is 0.617. The van der Waals surface area contributed by atoms with Crippen LogP contribution in [0.2, 0.25) is 0 Å². The first-order valence-corrected chi connectivity index (χ1v) is 7.92. The molecule has 0 atom stereocenters. The molecule has 0 radical (unpaired) electrons. The maximum absolute atomic E-state index is 12.3. The first-order valence-electron chi connectivity index (χ1n) is 7.92. The van der Waals surface area contributed by atoms with Gasteiger partial charge in [0.05, 0.1) is 7.11 Å². The predicted octanol–water partition coefficient (Wildman–Crippen LogP) is 4.47. The van der Waals surface area contributed by atoms with E-state index in [0.29, 0.717) is 0 Å². The summed E-state index contributed by atoms with van der Waals surface area (Å²) in [7, 11) is 1.62. The molecule has 2 aromatic carbocycles. The first-order chi connectivity index (χ1) is 11.2. The van der Waals surface area contributed by atoms with E-state index in [4.69, 9.17) is 4.74 Å². The molecule has 3 nitrogen and oxygen atoms in total. The molecule has 0 aliphatic rings. The minimum atomic E-state index is -0.133. The number of carbonyl (C=O) groups is 1. The number of ether oxygens (including phenoxy) is 1. The molecule has 120 valence electrons. The van der Waals surface area contributed by atoms with Crippen LogP contribution in [0.3, 0.4) is 0 Å². The molecule has 2 rings (SSSR count). The topological polar surface area (TPSA) is 38.3 Å². The lowest BCUT2D eigenvalue weighted by molar-refractivity contribution is -0.111. The van der Waals surface area contributed by atoms with E-state index < -0.39 is 0 Å². The van der Waals surface area contributed by atoms with Crippen LogP contribution in [-0.4, -0.2) is 13.0 Å². The highest BCUT2D eigenvalue weighted by Gasteiger charge is 2.08. The number of rotatable bonds is 6. The van der Waals surface area contributed by atoms with Crippen LogP contribution >= 0.6 is 0 Å². The van der Waals surface area contributed by atoms with Crippen LogP contribution < -0.4 is 10.1 Å². The number of nitrogens with one attached hydrogen (secondary N) is 1. The second-order valence-corrected chi connectivity index (χ2v) is 5.22. The van der Waals surface area contributed by atoms with Gasteiger partial charge in [-0.2, -0.15) is 0 Å². The number of benzene rings is 2. The van der Waals surface area contributed by atoms with E-state index in [1.165, 1.54) is 0 Å². The van der Waals surface area contributed by atoms with Crippen molar-refractivity contribution in [3.8, 4) is 5.75 Å². The Morgan fingerprint density at radius 2 is 1.70 bits per heavy atom. The molecule has 0 heterocycles. The average molecular weight is 309 g/mol. The molecule has 0 spiro atoms. The van der Waals surface area contributed by atoms with Crippen molar-refractivity contribution in [2.75, 3.05) is 12.4 Å². The van der Waals surface area contributed by atoms with Crippen molar-refractivity contribution in [1.82, 2.24) is 0 Å². The Morgan fingerprint density at radius 1 is 1.04 bits per heavy atom. The summed E-state index contributed by atoms with van der Waals surface area (Å²) in [5, 5.41) is 3.02. The fourth-order valence-corrected chi connectivity index (χ4v) is 2.54. The van der Waals surface area contributed by atoms with Crippen molar-refractivity contribution in [3.63, 3.8) is 0 Å². The van der Waals surface area contributed by atoms with Gasteiger partial charge in [0.25, 0.3) is 0 Å². The SMILES string of the molecule is CCc1cccc(CC)c1NC(=O)C=Cc1ccccc1OC. The molecule has 0 saturated heterocycles. The maximum Gasteiger partial charge on any atom is 0.248 e. The highest BCUT2D eigenvalue weighted by Crippen LogP contribution is 2.23. The third kappa shape index (κ3) is 4.22. The van der Waals surface area contributed by atoms with Crippen LogP contribution in [0.25, 0.3) is 6.08 Å². The number of methoxy groups -OCH3 is 1. The number of anilines is 1. The zero-order valence-electron chi connectivity index (χ0n) is 13.9. The van der Waals surface area contributed by atoms with Gasteiger partial charge in [-0.05, 0) is 36.1 Å². The molecule has 0 unspecified atom stereocenters. The second kappa shape index (κ2) is 8.18. The number of aryl methyl sites for hydroxylation is 2. The van der Waals surface area contributed by atoms with Crippen molar-refractivity contribution in [1.29, 1.82) is 0 Å². The Morgan fingerprint density at radius 3 is 2.30 bits per heavy atom. The minimum Gasteiger partial charge on any atom is -0.496 e. The average Bonchev–Trinajstić information content (AvgIpc) is 2.60. The lowest BCUT2D eigenvalue weighted by Crippen LogP contribution is -2.11. The monoisotopic (exact) mass is 309 g/mol. The standard InChI is InChI=1S/C20H23NO2/c1-4-15-10-8-11-16(5-2)20(15)21-19(22)14-13-17-9-6-7-12-18(17)23-3/h6-14H,4-5H2,1-3H3,(H,21,22). The van der Waals surface area contributed by atoms with Crippen molar-refractivity contribution < 1.29 is 9.53 Å². The van der Waals surface area contributed by atoms with E-state index in [1.807, 2.05) is 30.3 Å². The van der Waals surface area contributed by atoms with Gasteiger partial charge in [-0.15, -0.1) is 0 Å². The van der Waals surface area contributed by atoms with Crippen LogP contribution in [0.4, 0.5) is 5.69 Å². The number of para-hydroxylation sites is 2. The highest BCUT2D eigenvalue weighted by atomic mass is 16.5. The van der Waals surface area contributed by atoms with E-state index >= 15 is 0 Å². The fourth-order valence-electron chi connectivity index (χ4n) is 2.54. The van der Waals surface area contributed by atoms with Crippen LogP contribution in [0.5, 0.6) is 5.75 Å². The van der Waals surface area contributed by atoms with Crippen molar-refractivity contribution in [2.45, 2.75) is 26.7 Å². The first kappa shape index (κ1) is 16.8. The summed E-state index contributed by atoms with van der Waals surface area (Å²) < 4.78 is 5.29. The van der Waals surface area contributed by atoms with Gasteiger partial charge in [-0.25, -0.2) is 0 Å². The molecule has 23 heavy (non-hydrogen) atoms. The molecule has 0 aromatic heterocycles. The summed E-state index contributed by atoms with van der Waals surface area (Å²) in [6.45, 7) is 4.18. The summed E-state index contributed by atoms with van der Waals surface area (Å²) in [5.41, 5.74) is 4.13. The minimum absolute atomic E-state index is 0.133. The van der Waals surface area contributed by atoms with Crippen LogP contribution in [-0.2, 0) is 17.6 Å². The molecule has 1 amide bonds. The normalized spacial score (nSPS) is 10.7. The predicted molar refractivity (Wildman–Crippen MR) is 95.9 cm³/mol. The molecule has 0 aliphatic heterocycles. The van der Waals surface area contributed by atoms with Gasteiger partial charge in [-0.3, -0.25) is 4.79 Å². The van der Waals surface area contributed by atoms with Gasteiger partial charge >= 0.3 is 0 Å². The number of amides is 1. The van der Waals surface area contributed by atoms with E-state index in [1.54, 1.807) is 19.3 Å². The lowest BCUT2D eigenvalue weighted by Gasteiger charge is -2.13. The van der Waals surface area contributed by atoms with E-state index in [0.717, 1.165) is 41.0 Å². The molecule has 0 bridgehead atoms. The Bertz CT molecular complexity index is 682. The lowest BCUT2D eigenvalue weighted by atomic mass is 10.0. The zero-order valence-corrected chi connectivity index (χ0v) is 13.9. The zero-order chi connectivity index (χ0) is 16.7. The van der Waals surface area contributed by atoms with E-state index in [-0.39, 0.29) is 5.91 Å². The summed E-state index contributed by atoms with van der Waals surface area (Å²) in [6.07, 6.45) is 5.09. The Kier molecular flexibility index (Phi) is 5.98. The largest absolute Gasteiger partial charge is 0.496 e. The van der Waals surface area contributed by atoms with Crippen molar-refractivity contribution in [2.24, 2.45) is 0 Å². The molecule has 3 heteroatoms. The Balaban J connectivity index is 2.18. The molecule has 0 fully saturated rings. The quantitative estimate of drug-likeness (QED) is 0.799. The molecule has 2 aromatic rings. The highest BCUT2D eigenvalue weighted by molar-refractivity contribution is 6.03.